The molecule has 1 heteroatoms. The highest BCUT2D eigenvalue weighted by atomic mass is 28.1. The molecule has 0 aliphatic heterocycles. The zero-order chi connectivity index (χ0) is 16.0. The molecule has 0 aliphatic rings. The fraction of sp³-hybridized carbons (Fsp3) is 1.00. The first kappa shape index (κ1) is 67.1. The summed E-state index contributed by atoms with van der Waals surface area (Å²) in [5.74, 6) is 0. The van der Waals surface area contributed by atoms with E-state index in [1.807, 2.05) is 111 Å². The Morgan fingerprint density at radius 1 is 0.176 bits per heavy atom. The summed E-state index contributed by atoms with van der Waals surface area (Å²) in [6.45, 7) is 32.0. The molecule has 0 aromatic heterocycles. The van der Waals surface area contributed by atoms with E-state index in [4.69, 9.17) is 0 Å². The number of hydrogen-bond acceptors (Lipinski definition) is 0. The Bertz CT molecular complexity index is 5.49. The van der Waals surface area contributed by atoms with Gasteiger partial charge in [0.1, 0.15) is 0 Å². The van der Waals surface area contributed by atoms with Gasteiger partial charge in [0.15, 0.2) is 0 Å². The van der Waals surface area contributed by atoms with Gasteiger partial charge in [-0.1, -0.05) is 111 Å². The summed E-state index contributed by atoms with van der Waals surface area (Å²) in [5, 5.41) is 0. The summed E-state index contributed by atoms with van der Waals surface area (Å²) in [5.41, 5.74) is 0. The molecule has 0 fully saturated rings. The van der Waals surface area contributed by atoms with Gasteiger partial charge in [-0.2, -0.15) is 0 Å². The van der Waals surface area contributed by atoms with Crippen LogP contribution in [0.2, 0.25) is 0 Å². The second kappa shape index (κ2) is 79800. The molecule has 0 saturated heterocycles. The van der Waals surface area contributed by atoms with Crippen molar-refractivity contribution in [2.75, 3.05) is 0 Å². The van der Waals surface area contributed by atoms with E-state index < -0.39 is 0 Å². The van der Waals surface area contributed by atoms with Gasteiger partial charge in [-0.3, -0.25) is 0 Å². The molecule has 0 atom stereocenters. The predicted molar refractivity (Wildman–Crippen MR) is 102 cm³/mol. The molecular formula is C16H52Si. The Morgan fingerprint density at radius 2 is 0.176 bits per heavy atom. The molecule has 0 bridgehead atoms. The zero-order valence-electron chi connectivity index (χ0n) is 16.0. The van der Waals surface area contributed by atoms with E-state index in [0.29, 0.717) is 0 Å². The van der Waals surface area contributed by atoms with E-state index in [2.05, 4.69) is 0 Å². The van der Waals surface area contributed by atoms with Crippen LogP contribution in [-0.4, -0.2) is 11.0 Å². The van der Waals surface area contributed by atoms with Crippen molar-refractivity contribution in [3.05, 3.63) is 0 Å². The smallest absolute Gasteiger partial charge is 0.0149 e. The second-order valence-electron chi connectivity index (χ2n) is 0. The minimum atomic E-state index is 0. The normalized spacial score (nSPS) is 2.82. The first-order valence-electron chi connectivity index (χ1n) is 8.00. The van der Waals surface area contributed by atoms with Gasteiger partial charge in [0.25, 0.3) is 0 Å². The van der Waals surface area contributed by atoms with E-state index in [1.54, 1.807) is 0 Å². The van der Waals surface area contributed by atoms with Crippen LogP contribution in [0.15, 0.2) is 0 Å². The van der Waals surface area contributed by atoms with Crippen LogP contribution in [0.25, 0.3) is 0 Å². The van der Waals surface area contributed by atoms with Crippen molar-refractivity contribution in [1.29, 1.82) is 0 Å². The van der Waals surface area contributed by atoms with E-state index in [1.165, 1.54) is 0 Å². The molecule has 0 amide bonds. The molecular weight excluding hydrogens is 220 g/mol. The predicted octanol–water partition coefficient (Wildman–Crippen LogP) is 6.76. The Kier molecular flexibility index (Phi) is 315000. The molecule has 0 unspecified atom stereocenters. The zero-order valence-corrected chi connectivity index (χ0v) is 16.0. The van der Waals surface area contributed by atoms with Gasteiger partial charge in [0, 0.05) is 0 Å². The molecule has 0 aromatic carbocycles. The molecule has 0 heterocycles. The summed E-state index contributed by atoms with van der Waals surface area (Å²) in [6.07, 6.45) is 0. The maximum absolute atomic E-state index is 2.00. The number of rotatable bonds is 0. The van der Waals surface area contributed by atoms with Gasteiger partial charge in [-0.15, -0.1) is 0 Å². The van der Waals surface area contributed by atoms with Crippen LogP contribution >= 0.6 is 0 Å². The lowest BCUT2D eigenvalue weighted by Gasteiger charge is -1.07. The Morgan fingerprint density at radius 3 is 0.176 bits per heavy atom. The molecule has 120 valence electrons. The van der Waals surface area contributed by atoms with Crippen molar-refractivity contribution in [2.24, 2.45) is 0 Å². The highest BCUT2D eigenvalue weighted by molar-refractivity contribution is 5.75. The van der Waals surface area contributed by atoms with Gasteiger partial charge in [0.05, 0.1) is 0 Å². The molecule has 0 aliphatic carbocycles. The first-order valence-corrected chi connectivity index (χ1v) is 8.00. The second-order valence-corrected chi connectivity index (χ2v) is 0. The Balaban J connectivity index is -0.00000000610. The molecule has 0 radical (unpaired) electrons. The maximum Gasteiger partial charge on any atom is -0.0149 e. The summed E-state index contributed by atoms with van der Waals surface area (Å²) in [6, 6.07) is 0. The molecule has 0 rings (SSSR count). The SMILES string of the molecule is CC.CC.CC.CC.CC.CC.CC.CC.[SiH4]. The average molecular weight is 273 g/mol. The molecule has 0 spiro atoms. The van der Waals surface area contributed by atoms with Crippen LogP contribution in [0.1, 0.15) is 111 Å². The Hall–Kier alpha value is 0.217. The highest BCUT2D eigenvalue weighted by Gasteiger charge is 0.946. The lowest BCUT2D eigenvalue weighted by molar-refractivity contribution is 1.50. The molecule has 0 saturated carbocycles. The van der Waals surface area contributed by atoms with Crippen LogP contribution in [0.5, 0.6) is 0 Å². The third kappa shape index (κ3) is 69700. The van der Waals surface area contributed by atoms with Gasteiger partial charge in [-0.25, -0.2) is 0 Å². The van der Waals surface area contributed by atoms with Crippen LogP contribution in [-0.2, 0) is 0 Å². The van der Waals surface area contributed by atoms with E-state index >= 15 is 0 Å². The minimum Gasteiger partial charge on any atom is -0.0683 e. The number of hydrogen-bond donors (Lipinski definition) is 0. The van der Waals surface area contributed by atoms with Gasteiger partial charge in [0.2, 0.25) is 0 Å². The van der Waals surface area contributed by atoms with Crippen molar-refractivity contribution in [2.45, 2.75) is 111 Å². The topological polar surface area (TPSA) is 0 Å². The largest absolute Gasteiger partial charge is 0.0683 e. The third-order valence-electron chi connectivity index (χ3n) is 0. The van der Waals surface area contributed by atoms with Crippen molar-refractivity contribution in [3.63, 3.8) is 0 Å². The molecule has 17 heavy (non-hydrogen) atoms. The van der Waals surface area contributed by atoms with Crippen molar-refractivity contribution < 1.29 is 0 Å². The van der Waals surface area contributed by atoms with Gasteiger partial charge in [-0.05, 0) is 11.0 Å². The lowest BCUT2D eigenvalue weighted by atomic mass is 11.0. The van der Waals surface area contributed by atoms with E-state index in [-0.39, 0.29) is 11.0 Å². The van der Waals surface area contributed by atoms with Crippen molar-refractivity contribution in [3.8, 4) is 0 Å². The summed E-state index contributed by atoms with van der Waals surface area (Å²) >= 11 is 0. The maximum atomic E-state index is 2.00. The van der Waals surface area contributed by atoms with Crippen molar-refractivity contribution >= 4 is 11.0 Å². The fourth-order valence-corrected chi connectivity index (χ4v) is 0. The Labute approximate surface area is 122 Å². The summed E-state index contributed by atoms with van der Waals surface area (Å²) < 4.78 is 0. The van der Waals surface area contributed by atoms with Crippen LogP contribution in [0.3, 0.4) is 0 Å². The lowest BCUT2D eigenvalue weighted by Crippen LogP contribution is -0.856. The molecule has 0 aromatic rings. The first-order chi connectivity index (χ1) is 8.00. The summed E-state index contributed by atoms with van der Waals surface area (Å²) in [4.78, 5) is 0. The van der Waals surface area contributed by atoms with E-state index in [0.717, 1.165) is 0 Å². The monoisotopic (exact) mass is 272 g/mol. The van der Waals surface area contributed by atoms with Crippen molar-refractivity contribution in [1.82, 2.24) is 0 Å². The quantitative estimate of drug-likeness (QED) is 0.427. The average Bonchev–Trinajstić information content (AvgIpc) is 2.54. The van der Waals surface area contributed by atoms with Crippen LogP contribution in [0.4, 0.5) is 0 Å². The van der Waals surface area contributed by atoms with E-state index in [9.17, 15) is 0 Å². The summed E-state index contributed by atoms with van der Waals surface area (Å²) in [7, 11) is 0. The van der Waals surface area contributed by atoms with Gasteiger partial charge >= 0.3 is 0 Å². The van der Waals surface area contributed by atoms with Crippen LogP contribution in [0, 0.1) is 0 Å². The highest BCUT2D eigenvalue weighted by Crippen LogP contribution is 1.16. The molecule has 0 N–H and O–H groups in total. The fourth-order valence-electron chi connectivity index (χ4n) is 0. The molecule has 0 nitrogen and oxygen atoms in total. The van der Waals surface area contributed by atoms with Gasteiger partial charge < -0.3 is 0 Å². The van der Waals surface area contributed by atoms with Crippen LogP contribution < -0.4 is 0 Å². The third-order valence-corrected chi connectivity index (χ3v) is 0. The minimum absolute atomic E-state index is 0. The standard InChI is InChI=1S/8C2H6.H4Si/c8*1-2;/h8*1-2H3;1H4.